The standard InChI is InChI=1S/C15H25NS2/c1-14(2)7-9-17-10-12(14)16-11-15(3,4)13-6-5-8-18-13/h5-6,8,12,16H,7,9-11H2,1-4H3. The summed E-state index contributed by atoms with van der Waals surface area (Å²) in [7, 11) is 0. The molecule has 1 aromatic rings. The number of hydrogen-bond acceptors (Lipinski definition) is 3. The molecule has 18 heavy (non-hydrogen) atoms. The van der Waals surface area contributed by atoms with Crippen LogP contribution < -0.4 is 5.32 Å². The van der Waals surface area contributed by atoms with E-state index >= 15 is 0 Å². The van der Waals surface area contributed by atoms with Gasteiger partial charge in [-0.2, -0.15) is 11.8 Å². The third kappa shape index (κ3) is 3.31. The minimum absolute atomic E-state index is 0.242. The van der Waals surface area contributed by atoms with Crippen molar-refractivity contribution in [3.63, 3.8) is 0 Å². The van der Waals surface area contributed by atoms with Gasteiger partial charge in [-0.15, -0.1) is 11.3 Å². The van der Waals surface area contributed by atoms with Crippen molar-refractivity contribution in [2.45, 2.75) is 45.6 Å². The summed E-state index contributed by atoms with van der Waals surface area (Å²) >= 11 is 3.96. The van der Waals surface area contributed by atoms with Crippen molar-refractivity contribution < 1.29 is 0 Å². The first kappa shape index (κ1) is 14.4. The summed E-state index contributed by atoms with van der Waals surface area (Å²) in [5, 5.41) is 6.00. The van der Waals surface area contributed by atoms with Crippen LogP contribution in [-0.2, 0) is 5.41 Å². The second-order valence-electron chi connectivity index (χ2n) is 6.61. The fourth-order valence-corrected chi connectivity index (χ4v) is 4.89. The Morgan fingerprint density at radius 1 is 1.44 bits per heavy atom. The van der Waals surface area contributed by atoms with Crippen LogP contribution in [0.3, 0.4) is 0 Å². The molecule has 102 valence electrons. The average Bonchev–Trinajstić information content (AvgIpc) is 2.81. The van der Waals surface area contributed by atoms with Crippen molar-refractivity contribution in [2.24, 2.45) is 5.41 Å². The maximum atomic E-state index is 3.83. The van der Waals surface area contributed by atoms with E-state index in [2.05, 4.69) is 62.3 Å². The van der Waals surface area contributed by atoms with Crippen LogP contribution in [0.25, 0.3) is 0 Å². The number of nitrogens with one attached hydrogen (secondary N) is 1. The maximum Gasteiger partial charge on any atom is 0.0209 e. The molecule has 0 radical (unpaired) electrons. The molecular formula is C15H25NS2. The SMILES string of the molecule is CC(C)(CNC1CSCCC1(C)C)c1cccs1. The first-order chi connectivity index (χ1) is 8.42. The molecule has 2 heterocycles. The Balaban J connectivity index is 1.94. The molecular weight excluding hydrogens is 258 g/mol. The Morgan fingerprint density at radius 3 is 2.83 bits per heavy atom. The molecule has 0 aliphatic carbocycles. The zero-order chi connectivity index (χ0) is 13.2. The number of rotatable bonds is 4. The van der Waals surface area contributed by atoms with E-state index in [1.54, 1.807) is 0 Å². The molecule has 1 saturated heterocycles. The van der Waals surface area contributed by atoms with Gasteiger partial charge in [-0.05, 0) is 29.0 Å². The molecule has 0 spiro atoms. The van der Waals surface area contributed by atoms with Crippen LogP contribution in [0.15, 0.2) is 17.5 Å². The summed E-state index contributed by atoms with van der Waals surface area (Å²) in [6, 6.07) is 5.06. The van der Waals surface area contributed by atoms with Gasteiger partial charge >= 0.3 is 0 Å². The Labute approximate surface area is 120 Å². The lowest BCUT2D eigenvalue weighted by molar-refractivity contribution is 0.235. The van der Waals surface area contributed by atoms with E-state index in [-0.39, 0.29) is 5.41 Å². The fraction of sp³-hybridized carbons (Fsp3) is 0.733. The molecule has 1 fully saturated rings. The summed E-state index contributed by atoms with van der Waals surface area (Å²) < 4.78 is 0. The molecule has 0 aromatic carbocycles. The van der Waals surface area contributed by atoms with Crippen LogP contribution in [0.1, 0.15) is 39.0 Å². The Bertz CT molecular complexity index is 368. The van der Waals surface area contributed by atoms with Crippen LogP contribution in [0.4, 0.5) is 0 Å². The molecule has 1 aliphatic rings. The van der Waals surface area contributed by atoms with Gasteiger partial charge in [0.2, 0.25) is 0 Å². The van der Waals surface area contributed by atoms with E-state index in [1.165, 1.54) is 22.8 Å². The van der Waals surface area contributed by atoms with Crippen LogP contribution in [0, 0.1) is 5.41 Å². The van der Waals surface area contributed by atoms with Crippen LogP contribution >= 0.6 is 23.1 Å². The van der Waals surface area contributed by atoms with Crippen LogP contribution in [0.2, 0.25) is 0 Å². The first-order valence-electron chi connectivity index (χ1n) is 6.77. The second kappa shape index (κ2) is 5.56. The van der Waals surface area contributed by atoms with Gasteiger partial charge in [-0.1, -0.05) is 33.8 Å². The van der Waals surface area contributed by atoms with E-state index in [9.17, 15) is 0 Å². The smallest absolute Gasteiger partial charge is 0.0209 e. The third-order valence-corrected chi connectivity index (χ3v) is 6.39. The lowest BCUT2D eigenvalue weighted by Gasteiger charge is -2.40. The average molecular weight is 284 g/mol. The van der Waals surface area contributed by atoms with Gasteiger partial charge in [-0.3, -0.25) is 0 Å². The highest BCUT2D eigenvalue weighted by Gasteiger charge is 2.33. The molecule has 2 rings (SSSR count). The van der Waals surface area contributed by atoms with Gasteiger partial charge in [0.15, 0.2) is 0 Å². The fourth-order valence-electron chi connectivity index (χ4n) is 2.40. The predicted octanol–water partition coefficient (Wildman–Crippen LogP) is 4.15. The quantitative estimate of drug-likeness (QED) is 0.891. The number of hydrogen-bond donors (Lipinski definition) is 1. The molecule has 3 heteroatoms. The monoisotopic (exact) mass is 283 g/mol. The lowest BCUT2D eigenvalue weighted by atomic mass is 9.81. The Hall–Kier alpha value is 0.01000. The Kier molecular flexibility index (Phi) is 4.45. The van der Waals surface area contributed by atoms with Gasteiger partial charge in [0, 0.05) is 28.6 Å². The van der Waals surface area contributed by atoms with Crippen molar-refractivity contribution in [2.75, 3.05) is 18.1 Å². The first-order valence-corrected chi connectivity index (χ1v) is 8.80. The van der Waals surface area contributed by atoms with Crippen molar-refractivity contribution >= 4 is 23.1 Å². The van der Waals surface area contributed by atoms with E-state index in [0.717, 1.165) is 6.54 Å². The molecule has 1 aliphatic heterocycles. The van der Waals surface area contributed by atoms with E-state index in [1.807, 2.05) is 11.3 Å². The summed E-state index contributed by atoms with van der Waals surface area (Å²) in [4.78, 5) is 1.48. The van der Waals surface area contributed by atoms with Crippen LogP contribution in [-0.4, -0.2) is 24.1 Å². The van der Waals surface area contributed by atoms with Gasteiger partial charge < -0.3 is 5.32 Å². The minimum atomic E-state index is 0.242. The Morgan fingerprint density at radius 2 is 2.22 bits per heavy atom. The van der Waals surface area contributed by atoms with Crippen LogP contribution in [0.5, 0.6) is 0 Å². The molecule has 1 aromatic heterocycles. The molecule has 0 saturated carbocycles. The molecule has 0 bridgehead atoms. The zero-order valence-corrected chi connectivity index (χ0v) is 13.6. The molecule has 1 nitrogen and oxygen atoms in total. The zero-order valence-electron chi connectivity index (χ0n) is 12.0. The van der Waals surface area contributed by atoms with E-state index in [4.69, 9.17) is 0 Å². The normalized spacial score (nSPS) is 24.1. The molecule has 0 amide bonds. The molecule has 1 atom stereocenters. The number of thiophene rings is 1. The molecule has 1 N–H and O–H groups in total. The molecule has 1 unspecified atom stereocenters. The van der Waals surface area contributed by atoms with E-state index in [0.29, 0.717) is 11.5 Å². The van der Waals surface area contributed by atoms with Crippen molar-refractivity contribution in [1.29, 1.82) is 0 Å². The topological polar surface area (TPSA) is 12.0 Å². The largest absolute Gasteiger partial charge is 0.312 e. The highest BCUT2D eigenvalue weighted by molar-refractivity contribution is 7.99. The highest BCUT2D eigenvalue weighted by Crippen LogP contribution is 2.35. The van der Waals surface area contributed by atoms with Crippen molar-refractivity contribution in [1.82, 2.24) is 5.32 Å². The summed E-state index contributed by atoms with van der Waals surface area (Å²) in [6.07, 6.45) is 1.33. The second-order valence-corrected chi connectivity index (χ2v) is 8.71. The summed E-state index contributed by atoms with van der Waals surface area (Å²) in [5.74, 6) is 2.58. The summed E-state index contributed by atoms with van der Waals surface area (Å²) in [5.41, 5.74) is 0.684. The van der Waals surface area contributed by atoms with E-state index < -0.39 is 0 Å². The van der Waals surface area contributed by atoms with Gasteiger partial charge in [0.25, 0.3) is 0 Å². The third-order valence-electron chi connectivity index (χ3n) is 4.10. The van der Waals surface area contributed by atoms with Crippen molar-refractivity contribution in [3.8, 4) is 0 Å². The predicted molar refractivity (Wildman–Crippen MR) is 84.9 cm³/mol. The maximum absolute atomic E-state index is 3.83. The highest BCUT2D eigenvalue weighted by atomic mass is 32.2. The summed E-state index contributed by atoms with van der Waals surface area (Å²) in [6.45, 7) is 10.6. The lowest BCUT2D eigenvalue weighted by Crippen LogP contribution is -2.49. The van der Waals surface area contributed by atoms with Crippen molar-refractivity contribution in [3.05, 3.63) is 22.4 Å². The van der Waals surface area contributed by atoms with Gasteiger partial charge in [0.05, 0.1) is 0 Å². The minimum Gasteiger partial charge on any atom is -0.312 e. The van der Waals surface area contributed by atoms with Gasteiger partial charge in [0.1, 0.15) is 0 Å². The number of thioether (sulfide) groups is 1. The van der Waals surface area contributed by atoms with Gasteiger partial charge in [-0.25, -0.2) is 0 Å².